The van der Waals surface area contributed by atoms with Crippen molar-refractivity contribution >= 4 is 0 Å². The lowest BCUT2D eigenvalue weighted by Gasteiger charge is -2.07. The van der Waals surface area contributed by atoms with Crippen molar-refractivity contribution in [2.75, 3.05) is 0 Å². The fourth-order valence-corrected chi connectivity index (χ4v) is 0.982. The van der Waals surface area contributed by atoms with Crippen molar-refractivity contribution in [1.29, 1.82) is 0 Å². The fraction of sp³-hybridized carbons (Fsp3) is 0.364. The maximum Gasteiger partial charge on any atom is 0.0720 e. The van der Waals surface area contributed by atoms with Crippen molar-refractivity contribution in [3.63, 3.8) is 0 Å². The summed E-state index contributed by atoms with van der Waals surface area (Å²) in [6.07, 6.45) is 0.290. The number of rotatable bonds is 3. The Morgan fingerprint density at radius 1 is 1.42 bits per heavy atom. The second-order valence-corrected chi connectivity index (χ2v) is 3.18. The topological polar surface area (TPSA) is 9.23 Å². The molecule has 0 saturated carbocycles. The first kappa shape index (κ1) is 9.27. The fourth-order valence-electron chi connectivity index (χ4n) is 0.982. The zero-order chi connectivity index (χ0) is 8.97. The van der Waals surface area contributed by atoms with Gasteiger partial charge >= 0.3 is 0 Å². The molecule has 0 unspecified atom stereocenters. The molecule has 0 amide bonds. The van der Waals surface area contributed by atoms with E-state index in [4.69, 9.17) is 4.74 Å². The van der Waals surface area contributed by atoms with Gasteiger partial charge in [0, 0.05) is 0 Å². The highest BCUT2D eigenvalue weighted by molar-refractivity contribution is 5.24. The average Bonchev–Trinajstić information content (AvgIpc) is 2.01. The highest BCUT2D eigenvalue weighted by Gasteiger charge is 1.95. The van der Waals surface area contributed by atoms with Gasteiger partial charge < -0.3 is 4.74 Å². The van der Waals surface area contributed by atoms with E-state index in [0.29, 0.717) is 12.7 Å². The van der Waals surface area contributed by atoms with Crippen LogP contribution in [-0.4, -0.2) is 6.10 Å². The van der Waals surface area contributed by atoms with Gasteiger partial charge in [-0.3, -0.25) is 0 Å². The molecule has 0 aliphatic heterocycles. The Kier molecular flexibility index (Phi) is 3.30. The van der Waals surface area contributed by atoms with E-state index in [0.717, 1.165) is 5.56 Å². The lowest BCUT2D eigenvalue weighted by atomic mass is 10.1. The maximum atomic E-state index is 5.46. The SMILES string of the molecule is [CH2]c1cccc(COC(C)C)c1. The van der Waals surface area contributed by atoms with Crippen molar-refractivity contribution in [2.24, 2.45) is 0 Å². The van der Waals surface area contributed by atoms with Crippen LogP contribution in [0.15, 0.2) is 24.3 Å². The van der Waals surface area contributed by atoms with Gasteiger partial charge in [0.1, 0.15) is 0 Å². The molecule has 1 aromatic carbocycles. The Bertz CT molecular complexity index is 241. The number of hydrogen-bond acceptors (Lipinski definition) is 1. The minimum atomic E-state index is 0.290. The summed E-state index contributed by atoms with van der Waals surface area (Å²) in [4.78, 5) is 0. The normalized spacial score (nSPS) is 10.7. The first-order chi connectivity index (χ1) is 5.68. The highest BCUT2D eigenvalue weighted by Crippen LogP contribution is 2.06. The molecule has 0 spiro atoms. The largest absolute Gasteiger partial charge is 0.374 e. The van der Waals surface area contributed by atoms with Crippen molar-refractivity contribution < 1.29 is 4.74 Å². The van der Waals surface area contributed by atoms with E-state index in [1.54, 1.807) is 0 Å². The molecule has 12 heavy (non-hydrogen) atoms. The third-order valence-corrected chi connectivity index (χ3v) is 1.57. The summed E-state index contributed by atoms with van der Waals surface area (Å²) in [6, 6.07) is 8.08. The zero-order valence-electron chi connectivity index (χ0n) is 7.71. The van der Waals surface area contributed by atoms with Crippen LogP contribution in [0.25, 0.3) is 0 Å². The molecule has 65 valence electrons. The predicted molar refractivity (Wildman–Crippen MR) is 50.8 cm³/mol. The molecule has 1 radical (unpaired) electrons. The van der Waals surface area contributed by atoms with E-state index in [2.05, 4.69) is 13.0 Å². The molecule has 1 rings (SSSR count). The van der Waals surface area contributed by atoms with Crippen LogP contribution in [0.2, 0.25) is 0 Å². The second kappa shape index (κ2) is 4.27. The van der Waals surface area contributed by atoms with Crippen LogP contribution in [0, 0.1) is 6.92 Å². The number of hydrogen-bond donors (Lipinski definition) is 0. The Morgan fingerprint density at radius 3 is 2.75 bits per heavy atom. The first-order valence-corrected chi connectivity index (χ1v) is 4.21. The molecular formula is C11H15O. The van der Waals surface area contributed by atoms with Crippen LogP contribution in [0.5, 0.6) is 0 Å². The summed E-state index contributed by atoms with van der Waals surface area (Å²) in [6.45, 7) is 8.61. The van der Waals surface area contributed by atoms with Gasteiger partial charge in [-0.2, -0.15) is 0 Å². The molecule has 0 N–H and O–H groups in total. The molecule has 0 aliphatic carbocycles. The van der Waals surface area contributed by atoms with Crippen LogP contribution in [0.1, 0.15) is 25.0 Å². The summed E-state index contributed by atoms with van der Waals surface area (Å²) in [5.41, 5.74) is 2.23. The molecule has 0 bridgehead atoms. The zero-order valence-corrected chi connectivity index (χ0v) is 7.71. The summed E-state index contributed by atoms with van der Waals surface area (Å²) >= 11 is 0. The molecule has 1 aromatic rings. The van der Waals surface area contributed by atoms with Gasteiger partial charge in [-0.25, -0.2) is 0 Å². The van der Waals surface area contributed by atoms with Crippen LogP contribution < -0.4 is 0 Å². The average molecular weight is 163 g/mol. The second-order valence-electron chi connectivity index (χ2n) is 3.18. The third kappa shape index (κ3) is 3.05. The number of ether oxygens (including phenoxy) is 1. The van der Waals surface area contributed by atoms with E-state index in [9.17, 15) is 0 Å². The van der Waals surface area contributed by atoms with E-state index in [1.165, 1.54) is 5.56 Å². The minimum Gasteiger partial charge on any atom is -0.374 e. The molecule has 0 aromatic heterocycles. The smallest absolute Gasteiger partial charge is 0.0720 e. The van der Waals surface area contributed by atoms with E-state index in [1.807, 2.05) is 32.0 Å². The van der Waals surface area contributed by atoms with E-state index in [-0.39, 0.29) is 0 Å². The summed E-state index contributed by atoms with van der Waals surface area (Å²) in [7, 11) is 0. The molecule has 0 atom stereocenters. The Hall–Kier alpha value is -0.820. The molecule has 0 aliphatic rings. The quantitative estimate of drug-likeness (QED) is 0.665. The maximum absolute atomic E-state index is 5.46. The Morgan fingerprint density at radius 2 is 2.17 bits per heavy atom. The first-order valence-electron chi connectivity index (χ1n) is 4.21. The summed E-state index contributed by atoms with van der Waals surface area (Å²) < 4.78 is 5.46. The lowest BCUT2D eigenvalue weighted by Crippen LogP contribution is -2.02. The van der Waals surface area contributed by atoms with Crippen molar-refractivity contribution in [2.45, 2.75) is 26.6 Å². The van der Waals surface area contributed by atoms with E-state index < -0.39 is 0 Å². The van der Waals surface area contributed by atoms with Crippen molar-refractivity contribution in [1.82, 2.24) is 0 Å². The van der Waals surface area contributed by atoms with Gasteiger partial charge in [0.15, 0.2) is 0 Å². The molecule has 1 heteroatoms. The minimum absolute atomic E-state index is 0.290. The molecular weight excluding hydrogens is 148 g/mol. The van der Waals surface area contributed by atoms with Crippen LogP contribution >= 0.6 is 0 Å². The Balaban J connectivity index is 2.52. The molecule has 0 heterocycles. The third-order valence-electron chi connectivity index (χ3n) is 1.57. The standard InChI is InChI=1S/C11H15O/c1-9(2)12-8-11-6-4-5-10(3)7-11/h4-7,9H,3,8H2,1-2H3. The predicted octanol–water partition coefficient (Wildman–Crippen LogP) is 2.79. The highest BCUT2D eigenvalue weighted by atomic mass is 16.5. The van der Waals surface area contributed by atoms with Crippen LogP contribution in [0.4, 0.5) is 0 Å². The summed E-state index contributed by atoms with van der Waals surface area (Å²) in [5.74, 6) is 0. The van der Waals surface area contributed by atoms with Gasteiger partial charge in [0.05, 0.1) is 12.7 Å². The van der Waals surface area contributed by atoms with Gasteiger partial charge in [-0.1, -0.05) is 24.3 Å². The number of benzene rings is 1. The van der Waals surface area contributed by atoms with Crippen molar-refractivity contribution in [3.8, 4) is 0 Å². The monoisotopic (exact) mass is 163 g/mol. The van der Waals surface area contributed by atoms with Crippen LogP contribution in [0.3, 0.4) is 0 Å². The van der Waals surface area contributed by atoms with Crippen molar-refractivity contribution in [3.05, 3.63) is 42.3 Å². The van der Waals surface area contributed by atoms with E-state index >= 15 is 0 Å². The van der Waals surface area contributed by atoms with Gasteiger partial charge in [-0.15, -0.1) is 0 Å². The Labute approximate surface area is 74.4 Å². The molecule has 0 saturated heterocycles. The summed E-state index contributed by atoms with van der Waals surface area (Å²) in [5, 5.41) is 0. The van der Waals surface area contributed by atoms with Gasteiger partial charge in [0.25, 0.3) is 0 Å². The lowest BCUT2D eigenvalue weighted by molar-refractivity contribution is 0.0657. The van der Waals surface area contributed by atoms with Gasteiger partial charge in [-0.05, 0) is 31.9 Å². The molecule has 1 nitrogen and oxygen atoms in total. The van der Waals surface area contributed by atoms with Gasteiger partial charge in [0.2, 0.25) is 0 Å². The molecule has 0 fully saturated rings. The van der Waals surface area contributed by atoms with Crippen LogP contribution in [-0.2, 0) is 11.3 Å².